The lowest BCUT2D eigenvalue weighted by atomic mass is 10.2. The predicted octanol–water partition coefficient (Wildman–Crippen LogP) is 3.71. The highest BCUT2D eigenvalue weighted by molar-refractivity contribution is 9.11. The van der Waals surface area contributed by atoms with Crippen LogP contribution in [0.1, 0.15) is 24.2 Å². The number of amides is 1. The van der Waals surface area contributed by atoms with E-state index in [1.165, 1.54) is 0 Å². The molecule has 0 aliphatic carbocycles. The lowest BCUT2D eigenvalue weighted by molar-refractivity contribution is 0.0531. The number of benzene rings is 1. The fourth-order valence-electron chi connectivity index (χ4n) is 1.40. The second-order valence-corrected chi connectivity index (χ2v) is 6.04. The fourth-order valence-corrected chi connectivity index (χ4v) is 2.61. The molecule has 0 spiro atoms. The molecular formula is C13H17Br2NO2. The van der Waals surface area contributed by atoms with Crippen LogP contribution in [0.5, 0.6) is 0 Å². The number of halogens is 2. The second kappa shape index (κ2) is 7.26. The van der Waals surface area contributed by atoms with Crippen molar-refractivity contribution in [2.45, 2.75) is 20.0 Å². The van der Waals surface area contributed by atoms with E-state index in [1.807, 2.05) is 26.0 Å². The Morgan fingerprint density at radius 3 is 2.61 bits per heavy atom. The quantitative estimate of drug-likeness (QED) is 0.781. The zero-order chi connectivity index (χ0) is 13.7. The molecule has 1 aromatic carbocycles. The molecule has 0 saturated heterocycles. The molecule has 0 radical (unpaired) electrons. The van der Waals surface area contributed by atoms with Gasteiger partial charge in [0.2, 0.25) is 0 Å². The Hall–Kier alpha value is -0.390. The van der Waals surface area contributed by atoms with Gasteiger partial charge in [-0.05, 0) is 48.0 Å². The van der Waals surface area contributed by atoms with E-state index in [0.29, 0.717) is 18.7 Å². The molecule has 0 aliphatic rings. The van der Waals surface area contributed by atoms with Crippen molar-refractivity contribution in [2.24, 2.45) is 0 Å². The molecular weight excluding hydrogens is 362 g/mol. The van der Waals surface area contributed by atoms with E-state index in [4.69, 9.17) is 4.74 Å². The molecule has 100 valence electrons. The summed E-state index contributed by atoms with van der Waals surface area (Å²) < 4.78 is 7.17. The van der Waals surface area contributed by atoms with Crippen molar-refractivity contribution in [2.75, 3.05) is 20.2 Å². The lowest BCUT2D eigenvalue weighted by Crippen LogP contribution is -2.31. The minimum absolute atomic E-state index is 0.0123. The third kappa shape index (κ3) is 4.71. The van der Waals surface area contributed by atoms with Crippen LogP contribution in [0.15, 0.2) is 27.1 Å². The largest absolute Gasteiger partial charge is 0.377 e. The van der Waals surface area contributed by atoms with E-state index in [1.54, 1.807) is 18.0 Å². The van der Waals surface area contributed by atoms with Gasteiger partial charge < -0.3 is 9.64 Å². The monoisotopic (exact) mass is 377 g/mol. The van der Waals surface area contributed by atoms with Crippen molar-refractivity contribution in [3.8, 4) is 0 Å². The zero-order valence-corrected chi connectivity index (χ0v) is 13.9. The van der Waals surface area contributed by atoms with Crippen molar-refractivity contribution in [3.05, 3.63) is 32.7 Å². The summed E-state index contributed by atoms with van der Waals surface area (Å²) in [6.45, 7) is 5.09. The Kier molecular flexibility index (Phi) is 6.32. The molecule has 3 nitrogen and oxygen atoms in total. The molecule has 0 N–H and O–H groups in total. The number of ether oxygens (including phenoxy) is 1. The topological polar surface area (TPSA) is 29.5 Å². The van der Waals surface area contributed by atoms with Crippen LogP contribution in [0.25, 0.3) is 0 Å². The first kappa shape index (κ1) is 15.7. The molecule has 0 aromatic heterocycles. The summed E-state index contributed by atoms with van der Waals surface area (Å²) in [4.78, 5) is 13.8. The SMILES string of the molecule is CC(C)OCCN(C)C(=O)c1ccc(Br)cc1Br. The summed E-state index contributed by atoms with van der Waals surface area (Å²) >= 11 is 6.76. The molecule has 18 heavy (non-hydrogen) atoms. The van der Waals surface area contributed by atoms with Crippen LogP contribution in [0, 0.1) is 0 Å². The predicted molar refractivity (Wildman–Crippen MR) is 79.9 cm³/mol. The van der Waals surface area contributed by atoms with Crippen LogP contribution in [0.3, 0.4) is 0 Å². The third-order valence-electron chi connectivity index (χ3n) is 2.39. The van der Waals surface area contributed by atoms with Gasteiger partial charge in [-0.1, -0.05) is 15.9 Å². The molecule has 1 amide bonds. The molecule has 0 heterocycles. The molecule has 0 atom stereocenters. The van der Waals surface area contributed by atoms with E-state index >= 15 is 0 Å². The van der Waals surface area contributed by atoms with Gasteiger partial charge in [0, 0.05) is 22.5 Å². The van der Waals surface area contributed by atoms with Crippen LogP contribution in [0.2, 0.25) is 0 Å². The van der Waals surface area contributed by atoms with Gasteiger partial charge >= 0.3 is 0 Å². The summed E-state index contributed by atoms with van der Waals surface area (Å²) in [6, 6.07) is 5.53. The number of carbonyl (C=O) groups excluding carboxylic acids is 1. The average molecular weight is 379 g/mol. The normalized spacial score (nSPS) is 10.8. The molecule has 1 aromatic rings. The van der Waals surface area contributed by atoms with E-state index < -0.39 is 0 Å². The Morgan fingerprint density at radius 2 is 2.06 bits per heavy atom. The number of hydrogen-bond donors (Lipinski definition) is 0. The van der Waals surface area contributed by atoms with Crippen LogP contribution in [0.4, 0.5) is 0 Å². The summed E-state index contributed by atoms with van der Waals surface area (Å²) in [5, 5.41) is 0. The Labute approximate surface area is 125 Å². The average Bonchev–Trinajstić information content (AvgIpc) is 2.27. The number of hydrogen-bond acceptors (Lipinski definition) is 2. The van der Waals surface area contributed by atoms with Gasteiger partial charge in [0.25, 0.3) is 5.91 Å². The lowest BCUT2D eigenvalue weighted by Gasteiger charge is -2.19. The fraction of sp³-hybridized carbons (Fsp3) is 0.462. The van der Waals surface area contributed by atoms with Gasteiger partial charge in [-0.3, -0.25) is 4.79 Å². The highest BCUT2D eigenvalue weighted by Gasteiger charge is 2.14. The van der Waals surface area contributed by atoms with E-state index in [-0.39, 0.29) is 12.0 Å². The van der Waals surface area contributed by atoms with Gasteiger partial charge in [0.15, 0.2) is 0 Å². The number of carbonyl (C=O) groups is 1. The maximum Gasteiger partial charge on any atom is 0.254 e. The molecule has 0 aliphatic heterocycles. The Balaban J connectivity index is 2.63. The summed E-state index contributed by atoms with van der Waals surface area (Å²) in [6.07, 6.45) is 0.188. The molecule has 0 bridgehead atoms. The molecule has 1 rings (SSSR count). The summed E-state index contributed by atoms with van der Waals surface area (Å²) in [5.41, 5.74) is 0.658. The number of nitrogens with zero attached hydrogens (tertiary/aromatic N) is 1. The van der Waals surface area contributed by atoms with Crippen LogP contribution in [-0.2, 0) is 4.74 Å². The van der Waals surface area contributed by atoms with E-state index in [9.17, 15) is 4.79 Å². The molecule has 0 saturated carbocycles. The zero-order valence-electron chi connectivity index (χ0n) is 10.7. The third-order valence-corrected chi connectivity index (χ3v) is 3.54. The Morgan fingerprint density at radius 1 is 1.39 bits per heavy atom. The first-order valence-corrected chi connectivity index (χ1v) is 7.32. The number of likely N-dealkylation sites (N-methyl/N-ethyl adjacent to an activating group) is 1. The van der Waals surface area contributed by atoms with Crippen LogP contribution < -0.4 is 0 Å². The van der Waals surface area contributed by atoms with Crippen LogP contribution >= 0.6 is 31.9 Å². The minimum atomic E-state index is -0.0123. The standard InChI is InChI=1S/C13H17Br2NO2/c1-9(2)18-7-6-16(3)13(17)11-5-4-10(14)8-12(11)15/h4-5,8-9H,6-7H2,1-3H3. The van der Waals surface area contributed by atoms with Gasteiger partial charge in [0.1, 0.15) is 0 Å². The second-order valence-electron chi connectivity index (χ2n) is 4.27. The highest BCUT2D eigenvalue weighted by Crippen LogP contribution is 2.22. The smallest absolute Gasteiger partial charge is 0.254 e. The molecule has 0 unspecified atom stereocenters. The van der Waals surface area contributed by atoms with Crippen molar-refractivity contribution in [1.82, 2.24) is 4.90 Å². The van der Waals surface area contributed by atoms with Crippen LogP contribution in [-0.4, -0.2) is 37.1 Å². The maximum absolute atomic E-state index is 12.2. The first-order valence-electron chi connectivity index (χ1n) is 5.74. The summed E-state index contributed by atoms with van der Waals surface area (Å²) in [7, 11) is 1.78. The van der Waals surface area contributed by atoms with Crippen molar-refractivity contribution >= 4 is 37.8 Å². The van der Waals surface area contributed by atoms with E-state index in [0.717, 1.165) is 8.95 Å². The molecule has 0 fully saturated rings. The maximum atomic E-state index is 12.2. The first-order chi connectivity index (χ1) is 8.41. The minimum Gasteiger partial charge on any atom is -0.377 e. The Bertz CT molecular complexity index is 421. The number of rotatable bonds is 5. The van der Waals surface area contributed by atoms with Crippen molar-refractivity contribution in [3.63, 3.8) is 0 Å². The van der Waals surface area contributed by atoms with Gasteiger partial charge in [0.05, 0.1) is 18.3 Å². The van der Waals surface area contributed by atoms with Crippen molar-refractivity contribution < 1.29 is 9.53 Å². The highest BCUT2D eigenvalue weighted by atomic mass is 79.9. The van der Waals surface area contributed by atoms with Gasteiger partial charge in [-0.15, -0.1) is 0 Å². The molecule has 5 heteroatoms. The van der Waals surface area contributed by atoms with Gasteiger partial charge in [-0.2, -0.15) is 0 Å². The van der Waals surface area contributed by atoms with E-state index in [2.05, 4.69) is 31.9 Å². The summed E-state index contributed by atoms with van der Waals surface area (Å²) in [5.74, 6) is -0.0123. The van der Waals surface area contributed by atoms with Gasteiger partial charge in [-0.25, -0.2) is 0 Å². The van der Waals surface area contributed by atoms with Crippen molar-refractivity contribution in [1.29, 1.82) is 0 Å².